The van der Waals surface area contributed by atoms with E-state index in [0.717, 1.165) is 0 Å². The highest BCUT2D eigenvalue weighted by atomic mass is 19.1. The second-order valence-corrected chi connectivity index (χ2v) is 2.88. The van der Waals surface area contributed by atoms with Crippen LogP contribution in [0.5, 0.6) is 0 Å². The van der Waals surface area contributed by atoms with Gasteiger partial charge in [0.05, 0.1) is 0 Å². The first-order valence-electron chi connectivity index (χ1n) is 3.82. The number of rotatable bonds is 3. The Morgan fingerprint density at radius 3 is 2.45 bits per heavy atom. The van der Waals surface area contributed by atoms with Gasteiger partial charge in [0, 0.05) is 6.54 Å². The monoisotopic (exact) mass is 157 g/mol. The predicted octanol–water partition coefficient (Wildman–Crippen LogP) is 2.40. The third kappa shape index (κ3) is 4.73. The lowest BCUT2D eigenvalue weighted by molar-refractivity contribution is 0.629. The molecule has 0 aliphatic rings. The minimum absolute atomic E-state index is 0.162. The third-order valence-corrected chi connectivity index (χ3v) is 1.28. The van der Waals surface area contributed by atoms with Crippen molar-refractivity contribution in [1.29, 1.82) is 0 Å². The number of halogens is 1. The van der Waals surface area contributed by atoms with E-state index in [1.165, 1.54) is 0 Å². The molecule has 0 aliphatic heterocycles. The van der Waals surface area contributed by atoms with Crippen LogP contribution in [0.4, 0.5) is 4.39 Å². The van der Waals surface area contributed by atoms with Crippen LogP contribution in [0, 0.1) is 5.92 Å². The smallest absolute Gasteiger partial charge is 0.122 e. The Labute approximate surface area is 67.8 Å². The van der Waals surface area contributed by atoms with Gasteiger partial charge < -0.3 is 5.73 Å². The number of hydrogen-bond donors (Lipinski definition) is 1. The van der Waals surface area contributed by atoms with Crippen LogP contribution in [0.25, 0.3) is 0 Å². The molecule has 0 atom stereocenters. The van der Waals surface area contributed by atoms with Gasteiger partial charge in [-0.2, -0.15) is 0 Å². The molecule has 11 heavy (non-hydrogen) atoms. The van der Waals surface area contributed by atoms with Crippen molar-refractivity contribution in [2.75, 3.05) is 6.54 Å². The van der Waals surface area contributed by atoms with Gasteiger partial charge in [-0.15, -0.1) is 0 Å². The quantitative estimate of drug-likeness (QED) is 0.625. The SMILES string of the molecule is CC(=C/CN)/C(F)=C\C(C)C. The molecular weight excluding hydrogens is 141 g/mol. The molecule has 0 unspecified atom stereocenters. The van der Waals surface area contributed by atoms with E-state index in [1.54, 1.807) is 19.1 Å². The van der Waals surface area contributed by atoms with E-state index in [9.17, 15) is 4.39 Å². The van der Waals surface area contributed by atoms with Crippen molar-refractivity contribution in [2.45, 2.75) is 20.8 Å². The molecule has 0 aromatic carbocycles. The molecule has 0 aromatic rings. The molecule has 0 heterocycles. The molecule has 0 fully saturated rings. The summed E-state index contributed by atoms with van der Waals surface area (Å²) in [5, 5.41) is 0. The summed E-state index contributed by atoms with van der Waals surface area (Å²) in [5.74, 6) is 0.0848. The highest BCUT2D eigenvalue weighted by Gasteiger charge is 1.97. The second kappa shape index (κ2) is 5.08. The van der Waals surface area contributed by atoms with Gasteiger partial charge >= 0.3 is 0 Å². The van der Waals surface area contributed by atoms with E-state index >= 15 is 0 Å². The summed E-state index contributed by atoms with van der Waals surface area (Å²) in [6.45, 7) is 6.00. The Bertz CT molecular complexity index is 168. The largest absolute Gasteiger partial charge is 0.327 e. The Morgan fingerprint density at radius 2 is 2.09 bits per heavy atom. The first kappa shape index (κ1) is 10.4. The first-order chi connectivity index (χ1) is 5.07. The molecule has 0 bridgehead atoms. The van der Waals surface area contributed by atoms with E-state index in [4.69, 9.17) is 5.73 Å². The zero-order valence-electron chi connectivity index (χ0n) is 7.39. The van der Waals surface area contributed by atoms with Crippen LogP contribution < -0.4 is 5.73 Å². The second-order valence-electron chi connectivity index (χ2n) is 2.88. The minimum Gasteiger partial charge on any atom is -0.327 e. The highest BCUT2D eigenvalue weighted by Crippen LogP contribution is 2.12. The lowest BCUT2D eigenvalue weighted by Crippen LogP contribution is -1.95. The summed E-state index contributed by atoms with van der Waals surface area (Å²) in [5.41, 5.74) is 5.85. The Morgan fingerprint density at radius 1 is 1.55 bits per heavy atom. The summed E-state index contributed by atoms with van der Waals surface area (Å²) in [7, 11) is 0. The summed E-state index contributed by atoms with van der Waals surface area (Å²) in [4.78, 5) is 0. The fraction of sp³-hybridized carbons (Fsp3) is 0.556. The third-order valence-electron chi connectivity index (χ3n) is 1.28. The van der Waals surface area contributed by atoms with E-state index in [0.29, 0.717) is 12.1 Å². The van der Waals surface area contributed by atoms with Gasteiger partial charge in [-0.1, -0.05) is 19.9 Å². The molecule has 0 rings (SSSR count). The Hall–Kier alpha value is -0.630. The van der Waals surface area contributed by atoms with E-state index < -0.39 is 0 Å². The Kier molecular flexibility index (Phi) is 4.79. The van der Waals surface area contributed by atoms with Crippen molar-refractivity contribution >= 4 is 0 Å². The van der Waals surface area contributed by atoms with E-state index in [2.05, 4.69) is 0 Å². The molecule has 0 radical (unpaired) electrons. The maximum absolute atomic E-state index is 13.0. The lowest BCUT2D eigenvalue weighted by Gasteiger charge is -1.99. The zero-order valence-corrected chi connectivity index (χ0v) is 7.39. The molecule has 0 spiro atoms. The lowest BCUT2D eigenvalue weighted by atomic mass is 10.1. The maximum Gasteiger partial charge on any atom is 0.122 e. The van der Waals surface area contributed by atoms with Gasteiger partial charge in [-0.25, -0.2) is 4.39 Å². The molecule has 0 aromatic heterocycles. The van der Waals surface area contributed by atoms with Crippen molar-refractivity contribution in [3.63, 3.8) is 0 Å². The van der Waals surface area contributed by atoms with Crippen molar-refractivity contribution in [3.05, 3.63) is 23.6 Å². The summed E-state index contributed by atoms with van der Waals surface area (Å²) >= 11 is 0. The molecular formula is C9H16FN. The fourth-order valence-corrected chi connectivity index (χ4v) is 0.698. The normalized spacial score (nSPS) is 14.4. The highest BCUT2D eigenvalue weighted by molar-refractivity contribution is 5.23. The number of hydrogen-bond acceptors (Lipinski definition) is 1. The van der Waals surface area contributed by atoms with Gasteiger partial charge in [-0.05, 0) is 24.5 Å². The average molecular weight is 157 g/mol. The topological polar surface area (TPSA) is 26.0 Å². The van der Waals surface area contributed by atoms with Crippen LogP contribution in [0.15, 0.2) is 23.6 Å². The first-order valence-corrected chi connectivity index (χ1v) is 3.82. The minimum atomic E-state index is -0.162. The van der Waals surface area contributed by atoms with E-state index in [1.807, 2.05) is 13.8 Å². The molecule has 2 heteroatoms. The summed E-state index contributed by atoms with van der Waals surface area (Å²) < 4.78 is 13.0. The molecule has 2 N–H and O–H groups in total. The molecule has 64 valence electrons. The van der Waals surface area contributed by atoms with Gasteiger partial charge in [0.2, 0.25) is 0 Å². The van der Waals surface area contributed by atoms with Gasteiger partial charge in [-0.3, -0.25) is 0 Å². The molecule has 0 aliphatic carbocycles. The zero-order chi connectivity index (χ0) is 8.85. The van der Waals surface area contributed by atoms with Crippen LogP contribution in [0.3, 0.4) is 0 Å². The predicted molar refractivity (Wildman–Crippen MR) is 46.8 cm³/mol. The van der Waals surface area contributed by atoms with Crippen molar-refractivity contribution < 1.29 is 4.39 Å². The molecule has 0 amide bonds. The van der Waals surface area contributed by atoms with Crippen LogP contribution in [-0.4, -0.2) is 6.54 Å². The van der Waals surface area contributed by atoms with E-state index in [-0.39, 0.29) is 11.7 Å². The molecule has 1 nitrogen and oxygen atoms in total. The Balaban J connectivity index is 4.23. The van der Waals surface area contributed by atoms with Crippen molar-refractivity contribution in [2.24, 2.45) is 11.7 Å². The fourth-order valence-electron chi connectivity index (χ4n) is 0.698. The van der Waals surface area contributed by atoms with Gasteiger partial charge in [0.25, 0.3) is 0 Å². The van der Waals surface area contributed by atoms with Crippen molar-refractivity contribution in [1.82, 2.24) is 0 Å². The molecule has 0 saturated heterocycles. The summed E-state index contributed by atoms with van der Waals surface area (Å²) in [6.07, 6.45) is 3.26. The number of nitrogens with two attached hydrogens (primary N) is 1. The van der Waals surface area contributed by atoms with Crippen LogP contribution in [0.2, 0.25) is 0 Å². The maximum atomic E-state index is 13.0. The standard InChI is InChI=1S/C9H16FN/c1-7(2)6-9(10)8(3)4-5-11/h4,6-7H,5,11H2,1-3H3/b8-4-,9-6+. The van der Waals surface area contributed by atoms with Crippen LogP contribution >= 0.6 is 0 Å². The van der Waals surface area contributed by atoms with Crippen LogP contribution in [-0.2, 0) is 0 Å². The molecule has 0 saturated carbocycles. The van der Waals surface area contributed by atoms with Crippen LogP contribution in [0.1, 0.15) is 20.8 Å². The average Bonchev–Trinajstić information content (AvgIpc) is 1.86. The van der Waals surface area contributed by atoms with Crippen molar-refractivity contribution in [3.8, 4) is 0 Å². The van der Waals surface area contributed by atoms with Gasteiger partial charge in [0.15, 0.2) is 0 Å². The number of allylic oxidation sites excluding steroid dienone is 3. The van der Waals surface area contributed by atoms with Gasteiger partial charge in [0.1, 0.15) is 5.83 Å². The summed E-state index contributed by atoms with van der Waals surface area (Å²) in [6, 6.07) is 0.